The molecule has 0 radical (unpaired) electrons. The second-order valence-electron chi connectivity index (χ2n) is 6.59. The molecular formula is C23H21N3O3. The van der Waals surface area contributed by atoms with Crippen molar-refractivity contribution in [1.82, 2.24) is 9.38 Å². The van der Waals surface area contributed by atoms with E-state index in [9.17, 15) is 4.79 Å². The number of hydrogen-bond donors (Lipinski definition) is 1. The number of carbonyl (C=O) groups is 1. The molecule has 0 unspecified atom stereocenters. The van der Waals surface area contributed by atoms with Crippen LogP contribution in [0.3, 0.4) is 0 Å². The summed E-state index contributed by atoms with van der Waals surface area (Å²) >= 11 is 0. The molecule has 4 rings (SSSR count). The van der Waals surface area contributed by atoms with Gasteiger partial charge in [-0.1, -0.05) is 30.3 Å². The highest BCUT2D eigenvalue weighted by molar-refractivity contribution is 5.94. The van der Waals surface area contributed by atoms with Gasteiger partial charge < -0.3 is 14.8 Å². The number of hydrogen-bond acceptors (Lipinski definition) is 4. The molecule has 2 aromatic carbocycles. The molecular weight excluding hydrogens is 366 g/mol. The summed E-state index contributed by atoms with van der Waals surface area (Å²) in [7, 11) is 3.28. The fourth-order valence-electron chi connectivity index (χ4n) is 3.40. The Morgan fingerprint density at radius 2 is 1.83 bits per heavy atom. The Balaban J connectivity index is 1.97. The molecule has 1 N–H and O–H groups in total. The molecule has 29 heavy (non-hydrogen) atoms. The summed E-state index contributed by atoms with van der Waals surface area (Å²) in [5, 5.41) is 2.89. The summed E-state index contributed by atoms with van der Waals surface area (Å²) in [5.41, 5.74) is 4.98. The Bertz CT molecular complexity index is 1200. The number of aromatic nitrogens is 2. The van der Waals surface area contributed by atoms with Gasteiger partial charge in [-0.15, -0.1) is 0 Å². The lowest BCUT2D eigenvalue weighted by Gasteiger charge is -2.13. The number of methoxy groups -OCH3 is 2. The van der Waals surface area contributed by atoms with E-state index in [1.54, 1.807) is 20.4 Å². The van der Waals surface area contributed by atoms with Crippen LogP contribution < -0.4 is 14.8 Å². The zero-order chi connectivity index (χ0) is 20.4. The third kappa shape index (κ3) is 3.52. The highest BCUT2D eigenvalue weighted by Crippen LogP contribution is 2.35. The molecule has 0 spiro atoms. The van der Waals surface area contributed by atoms with E-state index >= 15 is 0 Å². The molecule has 1 amide bonds. The smallest absolute Gasteiger partial charge is 0.221 e. The topological polar surface area (TPSA) is 64.9 Å². The van der Waals surface area contributed by atoms with Gasteiger partial charge in [-0.05, 0) is 24.3 Å². The quantitative estimate of drug-likeness (QED) is 0.542. The van der Waals surface area contributed by atoms with Crippen LogP contribution >= 0.6 is 0 Å². The number of benzene rings is 2. The molecule has 0 aliphatic heterocycles. The molecule has 6 heteroatoms. The van der Waals surface area contributed by atoms with Gasteiger partial charge in [0, 0.05) is 29.8 Å². The van der Waals surface area contributed by atoms with Crippen molar-refractivity contribution in [3.63, 3.8) is 0 Å². The van der Waals surface area contributed by atoms with Crippen LogP contribution in [0.2, 0.25) is 0 Å². The van der Waals surface area contributed by atoms with Gasteiger partial charge in [0.05, 0.1) is 31.8 Å². The number of nitrogens with zero attached hydrogens (tertiary/aromatic N) is 2. The Morgan fingerprint density at radius 1 is 1.00 bits per heavy atom. The van der Waals surface area contributed by atoms with Crippen LogP contribution in [0.15, 0.2) is 67.0 Å². The standard InChI is InChI=1S/C23H21N3O3/c1-15(27)25-20-12-17(19-9-4-5-10-22(19)29-3)14-26-21(13-24-23(20)26)16-7-6-8-18(11-16)28-2/h4-14H,1-3H3,(H,25,27). The number of rotatable bonds is 5. The Kier molecular flexibility index (Phi) is 4.91. The first-order valence-electron chi connectivity index (χ1n) is 9.17. The average Bonchev–Trinajstić information content (AvgIpc) is 3.17. The normalized spacial score (nSPS) is 10.7. The first-order valence-corrected chi connectivity index (χ1v) is 9.17. The van der Waals surface area contributed by atoms with Crippen LogP contribution in [0, 0.1) is 0 Å². The average molecular weight is 387 g/mol. The Morgan fingerprint density at radius 3 is 2.59 bits per heavy atom. The van der Waals surface area contributed by atoms with Crippen molar-refractivity contribution in [3.05, 3.63) is 67.0 Å². The van der Waals surface area contributed by atoms with Crippen molar-refractivity contribution >= 4 is 17.2 Å². The highest BCUT2D eigenvalue weighted by Gasteiger charge is 2.15. The third-order valence-electron chi connectivity index (χ3n) is 4.70. The van der Waals surface area contributed by atoms with Crippen molar-refractivity contribution in [1.29, 1.82) is 0 Å². The SMILES string of the molecule is COc1cccc(-c2cnc3c(NC(C)=O)cc(-c4ccccc4OC)cn23)c1. The number of para-hydroxylation sites is 1. The molecule has 2 aromatic heterocycles. The molecule has 0 atom stereocenters. The van der Waals surface area contributed by atoms with E-state index in [-0.39, 0.29) is 5.91 Å². The predicted octanol–water partition coefficient (Wildman–Crippen LogP) is 4.64. The van der Waals surface area contributed by atoms with Gasteiger partial charge >= 0.3 is 0 Å². The van der Waals surface area contributed by atoms with Crippen molar-refractivity contribution in [2.24, 2.45) is 0 Å². The summed E-state index contributed by atoms with van der Waals surface area (Å²) in [6.07, 6.45) is 3.79. The van der Waals surface area contributed by atoms with Gasteiger partial charge in [-0.3, -0.25) is 9.20 Å². The molecule has 0 saturated carbocycles. The molecule has 0 aliphatic rings. The van der Waals surface area contributed by atoms with Gasteiger partial charge in [0.1, 0.15) is 11.5 Å². The van der Waals surface area contributed by atoms with Gasteiger partial charge in [-0.25, -0.2) is 4.98 Å². The second kappa shape index (κ2) is 7.67. The highest BCUT2D eigenvalue weighted by atomic mass is 16.5. The number of pyridine rings is 1. The minimum atomic E-state index is -0.157. The summed E-state index contributed by atoms with van der Waals surface area (Å²) in [6, 6.07) is 17.5. The van der Waals surface area contributed by atoms with E-state index < -0.39 is 0 Å². The van der Waals surface area contributed by atoms with Crippen LogP contribution in [0.5, 0.6) is 11.5 Å². The molecule has 0 saturated heterocycles. The molecule has 0 fully saturated rings. The minimum absolute atomic E-state index is 0.157. The molecule has 0 bridgehead atoms. The number of nitrogens with one attached hydrogen (secondary N) is 1. The summed E-state index contributed by atoms with van der Waals surface area (Å²) < 4.78 is 12.9. The zero-order valence-electron chi connectivity index (χ0n) is 16.5. The monoisotopic (exact) mass is 387 g/mol. The Labute approximate surface area is 168 Å². The van der Waals surface area contributed by atoms with E-state index in [4.69, 9.17) is 9.47 Å². The number of imidazole rings is 1. The number of amides is 1. The maximum atomic E-state index is 11.8. The first-order chi connectivity index (χ1) is 14.1. The lowest BCUT2D eigenvalue weighted by Crippen LogP contribution is -2.08. The maximum absolute atomic E-state index is 11.8. The second-order valence-corrected chi connectivity index (χ2v) is 6.59. The number of anilines is 1. The van der Waals surface area contributed by atoms with Crippen LogP contribution in [0.25, 0.3) is 28.0 Å². The van der Waals surface area contributed by atoms with Crippen molar-refractivity contribution in [3.8, 4) is 33.9 Å². The van der Waals surface area contributed by atoms with Crippen LogP contribution in [-0.2, 0) is 4.79 Å². The summed E-state index contributed by atoms with van der Waals surface area (Å²) in [5.74, 6) is 1.36. The minimum Gasteiger partial charge on any atom is -0.497 e. The summed E-state index contributed by atoms with van der Waals surface area (Å²) in [4.78, 5) is 16.4. The van der Waals surface area contributed by atoms with E-state index in [0.717, 1.165) is 33.9 Å². The van der Waals surface area contributed by atoms with E-state index in [1.165, 1.54) is 6.92 Å². The van der Waals surface area contributed by atoms with Crippen LogP contribution in [0.1, 0.15) is 6.92 Å². The lowest BCUT2D eigenvalue weighted by atomic mass is 10.1. The van der Waals surface area contributed by atoms with E-state index in [0.29, 0.717) is 11.3 Å². The number of ether oxygens (including phenoxy) is 2. The number of fused-ring (bicyclic) bond motifs is 1. The fourth-order valence-corrected chi connectivity index (χ4v) is 3.40. The largest absolute Gasteiger partial charge is 0.497 e. The van der Waals surface area contributed by atoms with Crippen molar-refractivity contribution < 1.29 is 14.3 Å². The molecule has 2 heterocycles. The van der Waals surface area contributed by atoms with Crippen molar-refractivity contribution in [2.75, 3.05) is 19.5 Å². The molecule has 146 valence electrons. The van der Waals surface area contributed by atoms with E-state index in [2.05, 4.69) is 10.3 Å². The maximum Gasteiger partial charge on any atom is 0.221 e. The van der Waals surface area contributed by atoms with Crippen molar-refractivity contribution in [2.45, 2.75) is 6.92 Å². The molecule has 0 aliphatic carbocycles. The fraction of sp³-hybridized carbons (Fsp3) is 0.130. The third-order valence-corrected chi connectivity index (χ3v) is 4.70. The Hall–Kier alpha value is -3.80. The first kappa shape index (κ1) is 18.6. The van der Waals surface area contributed by atoms with Gasteiger partial charge in [-0.2, -0.15) is 0 Å². The molecule has 4 aromatic rings. The van der Waals surface area contributed by atoms with Gasteiger partial charge in [0.2, 0.25) is 5.91 Å². The molecule has 6 nitrogen and oxygen atoms in total. The lowest BCUT2D eigenvalue weighted by molar-refractivity contribution is -0.114. The number of carbonyl (C=O) groups excluding carboxylic acids is 1. The van der Waals surface area contributed by atoms with Gasteiger partial charge in [0.15, 0.2) is 5.65 Å². The predicted molar refractivity (Wildman–Crippen MR) is 113 cm³/mol. The van der Waals surface area contributed by atoms with Crippen LogP contribution in [0.4, 0.5) is 5.69 Å². The van der Waals surface area contributed by atoms with E-state index in [1.807, 2.05) is 65.2 Å². The van der Waals surface area contributed by atoms with Gasteiger partial charge in [0.25, 0.3) is 0 Å². The summed E-state index contributed by atoms with van der Waals surface area (Å²) in [6.45, 7) is 1.48. The zero-order valence-corrected chi connectivity index (χ0v) is 16.5. The van der Waals surface area contributed by atoms with Crippen LogP contribution in [-0.4, -0.2) is 29.5 Å².